The van der Waals surface area contributed by atoms with E-state index in [1.54, 1.807) is 0 Å². The van der Waals surface area contributed by atoms with Crippen LogP contribution in [0, 0.1) is 5.92 Å². The number of hydrogen-bond acceptors (Lipinski definition) is 2. The number of halogens is 1. The molecule has 0 bridgehead atoms. The first-order valence-electron chi connectivity index (χ1n) is 8.21. The maximum absolute atomic E-state index is 5.98. The Bertz CT molecular complexity index is 607. The highest BCUT2D eigenvalue weighted by Gasteiger charge is 2.21. The van der Waals surface area contributed by atoms with E-state index >= 15 is 0 Å². The van der Waals surface area contributed by atoms with Gasteiger partial charge in [0.05, 0.1) is 5.69 Å². The molecule has 5 heteroatoms. The second-order valence-electron chi connectivity index (χ2n) is 6.18. The fourth-order valence-electron chi connectivity index (χ4n) is 3.62. The highest BCUT2D eigenvalue weighted by molar-refractivity contribution is 6.17. The van der Waals surface area contributed by atoms with Crippen LogP contribution in [0.1, 0.15) is 50.5 Å². The number of hydrogen-bond donors (Lipinski definition) is 0. The molecule has 1 aliphatic carbocycles. The zero-order valence-electron chi connectivity index (χ0n) is 13.1. The van der Waals surface area contributed by atoms with Gasteiger partial charge in [0.25, 0.3) is 0 Å². The minimum absolute atomic E-state index is 0.628. The van der Waals surface area contributed by atoms with Crippen LogP contribution in [0.15, 0.2) is 0 Å². The first-order chi connectivity index (χ1) is 10.2. The van der Waals surface area contributed by atoms with Gasteiger partial charge in [0.1, 0.15) is 11.3 Å². The molecule has 2 heterocycles. The summed E-state index contributed by atoms with van der Waals surface area (Å²) in [5.41, 5.74) is 3.36. The molecule has 0 radical (unpaired) electrons. The lowest BCUT2D eigenvalue weighted by molar-refractivity contribution is 0.318. The monoisotopic (exact) mass is 308 g/mol. The summed E-state index contributed by atoms with van der Waals surface area (Å²) in [7, 11) is 2.03. The van der Waals surface area contributed by atoms with Gasteiger partial charge >= 0.3 is 0 Å². The molecule has 3 rings (SSSR count). The molecule has 21 heavy (non-hydrogen) atoms. The van der Waals surface area contributed by atoms with E-state index in [2.05, 4.69) is 16.6 Å². The number of fused-ring (bicyclic) bond motifs is 1. The van der Waals surface area contributed by atoms with Crippen molar-refractivity contribution in [2.24, 2.45) is 13.0 Å². The van der Waals surface area contributed by atoms with Crippen molar-refractivity contribution < 1.29 is 0 Å². The lowest BCUT2D eigenvalue weighted by Gasteiger charge is -2.23. The van der Waals surface area contributed by atoms with Crippen LogP contribution in [0.4, 0.5) is 0 Å². The molecule has 116 valence electrons. The van der Waals surface area contributed by atoms with Gasteiger partial charge in [0.2, 0.25) is 0 Å². The summed E-state index contributed by atoms with van der Waals surface area (Å²) in [4.78, 5) is 4.85. The summed E-state index contributed by atoms with van der Waals surface area (Å²) < 4.78 is 4.39. The third-order valence-corrected chi connectivity index (χ3v) is 4.88. The number of nitrogens with zero attached hydrogens (tertiary/aromatic N) is 4. The Kier molecular flexibility index (Phi) is 4.53. The van der Waals surface area contributed by atoms with Crippen LogP contribution in [0.25, 0.3) is 11.2 Å². The average Bonchev–Trinajstić information content (AvgIpc) is 2.99. The maximum atomic E-state index is 5.98. The molecule has 0 unspecified atom stereocenters. The van der Waals surface area contributed by atoms with Crippen LogP contribution in [0.2, 0.25) is 0 Å². The van der Waals surface area contributed by atoms with Gasteiger partial charge in [-0.2, -0.15) is 5.10 Å². The third-order valence-electron chi connectivity index (χ3n) is 4.69. The lowest BCUT2D eigenvalue weighted by Crippen LogP contribution is -2.17. The van der Waals surface area contributed by atoms with Crippen LogP contribution in [0.3, 0.4) is 0 Å². The molecular weight excluding hydrogens is 284 g/mol. The highest BCUT2D eigenvalue weighted by atomic mass is 35.5. The van der Waals surface area contributed by atoms with Crippen LogP contribution < -0.4 is 0 Å². The summed E-state index contributed by atoms with van der Waals surface area (Å²) in [6, 6.07) is 0. The highest BCUT2D eigenvalue weighted by Crippen LogP contribution is 2.28. The Hall–Kier alpha value is -1.03. The first kappa shape index (κ1) is 14.9. The van der Waals surface area contributed by atoms with Crippen molar-refractivity contribution in [2.45, 2.75) is 58.4 Å². The minimum atomic E-state index is 0.628. The summed E-state index contributed by atoms with van der Waals surface area (Å²) in [6.07, 6.45) is 8.61. The van der Waals surface area contributed by atoms with Crippen LogP contribution in [-0.4, -0.2) is 25.2 Å². The molecule has 0 saturated heterocycles. The zero-order chi connectivity index (χ0) is 14.8. The van der Waals surface area contributed by atoms with Gasteiger partial charge in [-0.3, -0.25) is 4.68 Å². The minimum Gasteiger partial charge on any atom is -0.313 e. The van der Waals surface area contributed by atoms with Crippen molar-refractivity contribution in [3.8, 4) is 0 Å². The second kappa shape index (κ2) is 6.39. The maximum Gasteiger partial charge on any atom is 0.158 e. The number of aryl methyl sites for hydroxylation is 3. The lowest BCUT2D eigenvalue weighted by atomic mass is 9.89. The molecule has 1 fully saturated rings. The van der Waals surface area contributed by atoms with Gasteiger partial charge in [-0.05, 0) is 25.2 Å². The van der Waals surface area contributed by atoms with Crippen molar-refractivity contribution in [1.29, 1.82) is 0 Å². The summed E-state index contributed by atoms with van der Waals surface area (Å²) in [5, 5.41) is 4.62. The SMILES string of the molecule is CCc1nn(C)c2c1nc(CCCl)n2CC1CCCCC1. The summed E-state index contributed by atoms with van der Waals surface area (Å²) >= 11 is 5.98. The molecule has 1 aliphatic rings. The van der Waals surface area contributed by atoms with E-state index in [1.807, 2.05) is 11.7 Å². The van der Waals surface area contributed by atoms with E-state index in [0.717, 1.165) is 42.3 Å². The van der Waals surface area contributed by atoms with E-state index in [1.165, 1.54) is 37.8 Å². The van der Waals surface area contributed by atoms with E-state index in [0.29, 0.717) is 5.88 Å². The van der Waals surface area contributed by atoms with Crippen molar-refractivity contribution in [2.75, 3.05) is 5.88 Å². The van der Waals surface area contributed by atoms with E-state index in [4.69, 9.17) is 16.6 Å². The Morgan fingerprint density at radius 3 is 2.67 bits per heavy atom. The smallest absolute Gasteiger partial charge is 0.158 e. The van der Waals surface area contributed by atoms with Crippen LogP contribution >= 0.6 is 11.6 Å². The largest absolute Gasteiger partial charge is 0.313 e. The molecule has 0 N–H and O–H groups in total. The Labute approximate surface area is 131 Å². The predicted molar refractivity (Wildman–Crippen MR) is 86.9 cm³/mol. The van der Waals surface area contributed by atoms with Crippen molar-refractivity contribution in [3.63, 3.8) is 0 Å². The van der Waals surface area contributed by atoms with Gasteiger partial charge in [0.15, 0.2) is 5.65 Å². The number of rotatable bonds is 5. The molecule has 0 aromatic carbocycles. The van der Waals surface area contributed by atoms with Gasteiger partial charge < -0.3 is 4.57 Å². The average molecular weight is 309 g/mol. The third kappa shape index (κ3) is 2.83. The Morgan fingerprint density at radius 1 is 1.24 bits per heavy atom. The number of aromatic nitrogens is 4. The van der Waals surface area contributed by atoms with Crippen molar-refractivity contribution in [3.05, 3.63) is 11.5 Å². The molecular formula is C16H25ClN4. The van der Waals surface area contributed by atoms with Gasteiger partial charge in [-0.1, -0.05) is 26.2 Å². The van der Waals surface area contributed by atoms with Gasteiger partial charge in [-0.15, -0.1) is 11.6 Å². The molecule has 2 aromatic rings. The van der Waals surface area contributed by atoms with E-state index in [-0.39, 0.29) is 0 Å². The topological polar surface area (TPSA) is 35.6 Å². The molecule has 0 amide bonds. The van der Waals surface area contributed by atoms with Gasteiger partial charge in [0, 0.05) is 25.9 Å². The van der Waals surface area contributed by atoms with Crippen LogP contribution in [-0.2, 0) is 26.4 Å². The molecule has 4 nitrogen and oxygen atoms in total. The first-order valence-corrected chi connectivity index (χ1v) is 8.75. The predicted octanol–water partition coefficient (Wildman–Crippen LogP) is 3.69. The standard InChI is InChI=1S/C16H25ClN4/c1-3-13-15-16(20(2)19-13)21(14(18-15)9-10-17)11-12-7-5-4-6-8-12/h12H,3-11H2,1-2H3. The molecule has 2 aromatic heterocycles. The normalized spacial score (nSPS) is 16.9. The second-order valence-corrected chi connectivity index (χ2v) is 6.56. The van der Waals surface area contributed by atoms with Crippen molar-refractivity contribution >= 4 is 22.8 Å². The van der Waals surface area contributed by atoms with Crippen molar-refractivity contribution in [1.82, 2.24) is 19.3 Å². The quantitative estimate of drug-likeness (QED) is 0.790. The molecule has 0 atom stereocenters. The molecule has 0 spiro atoms. The Morgan fingerprint density at radius 2 is 2.00 bits per heavy atom. The number of alkyl halides is 1. The fourth-order valence-corrected chi connectivity index (χ4v) is 3.79. The molecule has 1 saturated carbocycles. The fraction of sp³-hybridized carbons (Fsp3) is 0.750. The Balaban J connectivity index is 2.00. The summed E-state index contributed by atoms with van der Waals surface area (Å²) in [5.74, 6) is 2.54. The molecule has 0 aliphatic heterocycles. The van der Waals surface area contributed by atoms with Gasteiger partial charge in [-0.25, -0.2) is 4.98 Å². The van der Waals surface area contributed by atoms with Crippen LogP contribution in [0.5, 0.6) is 0 Å². The number of imidazole rings is 1. The summed E-state index contributed by atoms with van der Waals surface area (Å²) in [6.45, 7) is 3.22. The van der Waals surface area contributed by atoms with E-state index in [9.17, 15) is 0 Å². The zero-order valence-corrected chi connectivity index (χ0v) is 13.9. The van der Waals surface area contributed by atoms with E-state index < -0.39 is 0 Å².